The Bertz CT molecular complexity index is 153. The Balaban J connectivity index is 3.86. The topological polar surface area (TPSA) is 49.5 Å². The van der Waals surface area contributed by atoms with Gasteiger partial charge in [-0.25, -0.2) is 8.78 Å². The minimum absolute atomic E-state index is 0.134. The molecule has 78 valence electrons. The van der Waals surface area contributed by atoms with Gasteiger partial charge in [-0.3, -0.25) is 4.90 Å². The second-order valence-electron chi connectivity index (χ2n) is 2.80. The lowest BCUT2D eigenvalue weighted by Gasteiger charge is -2.21. The molecule has 0 aliphatic heterocycles. The van der Waals surface area contributed by atoms with Crippen molar-refractivity contribution in [1.82, 2.24) is 4.90 Å². The third-order valence-electron chi connectivity index (χ3n) is 1.55. The molecular weight excluding hydrogens is 178 g/mol. The van der Waals surface area contributed by atoms with E-state index in [0.717, 1.165) is 0 Å². The van der Waals surface area contributed by atoms with Gasteiger partial charge >= 0.3 is 0 Å². The van der Waals surface area contributed by atoms with Crippen molar-refractivity contribution >= 4 is 0 Å². The lowest BCUT2D eigenvalue weighted by Crippen LogP contribution is -2.34. The molecule has 0 amide bonds. The minimum Gasteiger partial charge on any atom is -0.395 e. The van der Waals surface area contributed by atoms with Gasteiger partial charge < -0.3 is 10.8 Å². The molecule has 0 bridgehead atoms. The predicted molar refractivity (Wildman–Crippen MR) is 47.7 cm³/mol. The third kappa shape index (κ3) is 6.62. The maximum absolute atomic E-state index is 12.0. The van der Waals surface area contributed by atoms with E-state index >= 15 is 0 Å². The van der Waals surface area contributed by atoms with Gasteiger partial charge in [0, 0.05) is 19.6 Å². The third-order valence-corrected chi connectivity index (χ3v) is 1.55. The molecule has 0 aromatic carbocycles. The van der Waals surface area contributed by atoms with Crippen molar-refractivity contribution < 1.29 is 13.9 Å². The maximum Gasteiger partial charge on any atom is 0.251 e. The molecule has 0 unspecified atom stereocenters. The SMILES string of the molecule is C=C(CN)CN(CCO)CC(F)F. The van der Waals surface area contributed by atoms with Gasteiger partial charge in [0.05, 0.1) is 13.2 Å². The summed E-state index contributed by atoms with van der Waals surface area (Å²) in [6.07, 6.45) is -2.39. The quantitative estimate of drug-likeness (QED) is 0.563. The van der Waals surface area contributed by atoms with Crippen LogP contribution in [0.3, 0.4) is 0 Å². The Morgan fingerprint density at radius 1 is 1.54 bits per heavy atom. The fourth-order valence-corrected chi connectivity index (χ4v) is 0.952. The normalized spacial score (nSPS) is 11.2. The van der Waals surface area contributed by atoms with Crippen LogP contribution in [0.1, 0.15) is 0 Å². The fourth-order valence-electron chi connectivity index (χ4n) is 0.952. The van der Waals surface area contributed by atoms with Crippen LogP contribution >= 0.6 is 0 Å². The molecule has 3 N–H and O–H groups in total. The molecular formula is C8H16F2N2O. The van der Waals surface area contributed by atoms with Gasteiger partial charge in [0.25, 0.3) is 6.43 Å². The van der Waals surface area contributed by atoms with Gasteiger partial charge in [-0.15, -0.1) is 0 Å². The summed E-state index contributed by atoms with van der Waals surface area (Å²) in [6.45, 7) is 3.96. The number of nitrogens with zero attached hydrogens (tertiary/aromatic N) is 1. The molecule has 5 heteroatoms. The molecule has 3 nitrogen and oxygen atoms in total. The second kappa shape index (κ2) is 6.94. The summed E-state index contributed by atoms with van der Waals surface area (Å²) in [5.74, 6) is 0. The monoisotopic (exact) mass is 194 g/mol. The zero-order valence-electron chi connectivity index (χ0n) is 7.55. The molecule has 0 radical (unpaired) electrons. The van der Waals surface area contributed by atoms with E-state index in [4.69, 9.17) is 10.8 Å². The fraction of sp³-hybridized carbons (Fsp3) is 0.750. The molecule has 0 atom stereocenters. The van der Waals surface area contributed by atoms with E-state index in [2.05, 4.69) is 6.58 Å². The van der Waals surface area contributed by atoms with E-state index in [0.29, 0.717) is 12.1 Å². The first-order chi connectivity index (χ1) is 6.10. The molecule has 13 heavy (non-hydrogen) atoms. The van der Waals surface area contributed by atoms with Crippen molar-refractivity contribution in [2.45, 2.75) is 6.43 Å². The number of halogens is 2. The summed E-state index contributed by atoms with van der Waals surface area (Å²) in [4.78, 5) is 1.43. The zero-order valence-corrected chi connectivity index (χ0v) is 7.55. The highest BCUT2D eigenvalue weighted by Gasteiger charge is 2.11. The summed E-state index contributed by atoms with van der Waals surface area (Å²) in [7, 11) is 0. The number of alkyl halides is 2. The van der Waals surface area contributed by atoms with Crippen molar-refractivity contribution in [3.8, 4) is 0 Å². The standard InChI is InChI=1S/C8H16F2N2O/c1-7(4-11)5-12(2-3-13)6-8(9)10/h8,13H,1-6,11H2. The smallest absolute Gasteiger partial charge is 0.251 e. The molecule has 0 aliphatic rings. The van der Waals surface area contributed by atoms with Gasteiger partial charge in [0.15, 0.2) is 0 Å². The highest BCUT2D eigenvalue weighted by Crippen LogP contribution is 2.00. The Morgan fingerprint density at radius 3 is 2.54 bits per heavy atom. The van der Waals surface area contributed by atoms with E-state index in [9.17, 15) is 8.78 Å². The number of aliphatic hydroxyl groups is 1. The molecule has 0 saturated carbocycles. The molecule has 0 aromatic heterocycles. The number of nitrogens with two attached hydrogens (primary N) is 1. The molecule has 0 aliphatic carbocycles. The van der Waals surface area contributed by atoms with E-state index < -0.39 is 6.43 Å². The lowest BCUT2D eigenvalue weighted by atomic mass is 10.3. The molecule has 0 saturated heterocycles. The average molecular weight is 194 g/mol. The largest absolute Gasteiger partial charge is 0.395 e. The van der Waals surface area contributed by atoms with Gasteiger partial charge in [-0.2, -0.15) is 0 Å². The number of hydrogen-bond donors (Lipinski definition) is 2. The summed E-state index contributed by atoms with van der Waals surface area (Å²) in [5, 5.41) is 8.59. The molecule has 0 spiro atoms. The minimum atomic E-state index is -2.39. The first kappa shape index (κ1) is 12.5. The lowest BCUT2D eigenvalue weighted by molar-refractivity contribution is 0.0831. The van der Waals surface area contributed by atoms with Crippen molar-refractivity contribution in [3.05, 3.63) is 12.2 Å². The van der Waals surface area contributed by atoms with E-state index in [-0.39, 0.29) is 26.2 Å². The summed E-state index contributed by atoms with van der Waals surface area (Å²) >= 11 is 0. The highest BCUT2D eigenvalue weighted by atomic mass is 19.3. The Hall–Kier alpha value is -0.520. The predicted octanol–water partition coefficient (Wildman–Crippen LogP) is 0.0607. The highest BCUT2D eigenvalue weighted by molar-refractivity contribution is 4.98. The van der Waals surface area contributed by atoms with Crippen LogP contribution in [-0.4, -0.2) is 49.2 Å². The van der Waals surface area contributed by atoms with Crippen molar-refractivity contribution in [2.75, 3.05) is 32.8 Å². The van der Waals surface area contributed by atoms with Crippen LogP contribution < -0.4 is 5.73 Å². The molecule has 0 aromatic rings. The Kier molecular flexibility index (Phi) is 6.66. The van der Waals surface area contributed by atoms with Crippen LogP contribution in [-0.2, 0) is 0 Å². The van der Waals surface area contributed by atoms with Gasteiger partial charge in [0.1, 0.15) is 0 Å². The average Bonchev–Trinajstić information content (AvgIpc) is 2.03. The van der Waals surface area contributed by atoms with Crippen LogP contribution in [0, 0.1) is 0 Å². The van der Waals surface area contributed by atoms with Crippen LogP contribution in [0.15, 0.2) is 12.2 Å². The first-order valence-electron chi connectivity index (χ1n) is 4.08. The summed E-state index contributed by atoms with van der Waals surface area (Å²) < 4.78 is 24.0. The maximum atomic E-state index is 12.0. The molecule has 0 heterocycles. The second-order valence-corrected chi connectivity index (χ2v) is 2.80. The Labute approximate surface area is 76.8 Å². The van der Waals surface area contributed by atoms with Crippen LogP contribution in [0.4, 0.5) is 8.78 Å². The molecule has 0 rings (SSSR count). The van der Waals surface area contributed by atoms with E-state index in [1.54, 1.807) is 0 Å². The number of rotatable bonds is 7. The summed E-state index contributed by atoms with van der Waals surface area (Å²) in [6, 6.07) is 0. The summed E-state index contributed by atoms with van der Waals surface area (Å²) in [5.41, 5.74) is 5.96. The molecule has 0 fully saturated rings. The Morgan fingerprint density at radius 2 is 2.15 bits per heavy atom. The number of hydrogen-bond acceptors (Lipinski definition) is 3. The van der Waals surface area contributed by atoms with Crippen molar-refractivity contribution in [2.24, 2.45) is 5.73 Å². The van der Waals surface area contributed by atoms with Crippen LogP contribution in [0.5, 0.6) is 0 Å². The van der Waals surface area contributed by atoms with Gasteiger partial charge in [-0.05, 0) is 5.57 Å². The number of aliphatic hydroxyl groups excluding tert-OH is 1. The van der Waals surface area contributed by atoms with Gasteiger partial charge in [-0.1, -0.05) is 6.58 Å². The van der Waals surface area contributed by atoms with Crippen molar-refractivity contribution in [1.29, 1.82) is 0 Å². The van der Waals surface area contributed by atoms with Crippen LogP contribution in [0.2, 0.25) is 0 Å². The van der Waals surface area contributed by atoms with Crippen LogP contribution in [0.25, 0.3) is 0 Å². The van der Waals surface area contributed by atoms with Crippen molar-refractivity contribution in [3.63, 3.8) is 0 Å². The zero-order chi connectivity index (χ0) is 10.3. The van der Waals surface area contributed by atoms with E-state index in [1.807, 2.05) is 0 Å². The van der Waals surface area contributed by atoms with E-state index in [1.165, 1.54) is 4.90 Å². The van der Waals surface area contributed by atoms with Gasteiger partial charge in [0.2, 0.25) is 0 Å². The first-order valence-corrected chi connectivity index (χ1v) is 4.08.